The molecule has 0 amide bonds. The zero-order valence-electron chi connectivity index (χ0n) is 7.83. The van der Waals surface area contributed by atoms with Crippen molar-refractivity contribution < 1.29 is 8.78 Å². The molecule has 15 heavy (non-hydrogen) atoms. The van der Waals surface area contributed by atoms with Gasteiger partial charge in [0.15, 0.2) is 11.6 Å². The summed E-state index contributed by atoms with van der Waals surface area (Å²) in [6.45, 7) is 0. The molecule has 0 fully saturated rings. The van der Waals surface area contributed by atoms with E-state index in [4.69, 9.17) is 11.6 Å². The van der Waals surface area contributed by atoms with Gasteiger partial charge in [0.25, 0.3) is 0 Å². The smallest absolute Gasteiger partial charge is 0.158 e. The van der Waals surface area contributed by atoms with E-state index >= 15 is 0 Å². The van der Waals surface area contributed by atoms with Gasteiger partial charge in [-0.2, -0.15) is 0 Å². The molecule has 3 heteroatoms. The van der Waals surface area contributed by atoms with Crippen LogP contribution in [0.2, 0.25) is 5.02 Å². The van der Waals surface area contributed by atoms with Crippen molar-refractivity contribution in [3.8, 4) is 0 Å². The summed E-state index contributed by atoms with van der Waals surface area (Å²) in [6.07, 6.45) is 0. The number of hydrogen-bond donors (Lipinski definition) is 0. The maximum absolute atomic E-state index is 11.9. The van der Waals surface area contributed by atoms with Gasteiger partial charge in [-0.05, 0) is 24.3 Å². The first-order valence-corrected chi connectivity index (χ1v) is 4.68. The van der Waals surface area contributed by atoms with Gasteiger partial charge in [0.05, 0.1) is 0 Å². The Morgan fingerprint density at radius 3 is 1.33 bits per heavy atom. The SMILES string of the molecule is Clc1ccccc1.Fc1ccccc1F. The van der Waals surface area contributed by atoms with E-state index in [0.29, 0.717) is 0 Å². The fourth-order valence-corrected chi connectivity index (χ4v) is 0.999. The van der Waals surface area contributed by atoms with Crippen LogP contribution in [0, 0.1) is 11.6 Å². The average molecular weight is 227 g/mol. The third-order valence-corrected chi connectivity index (χ3v) is 1.81. The molecular formula is C12H9ClF2. The Kier molecular flexibility index (Phi) is 4.78. The molecule has 0 N–H and O–H groups in total. The summed E-state index contributed by atoms with van der Waals surface area (Å²) in [5.41, 5.74) is 0. The summed E-state index contributed by atoms with van der Waals surface area (Å²) < 4.78 is 23.9. The largest absolute Gasteiger partial charge is 0.204 e. The highest BCUT2D eigenvalue weighted by atomic mass is 35.5. The van der Waals surface area contributed by atoms with E-state index in [1.54, 1.807) is 0 Å². The van der Waals surface area contributed by atoms with Crippen molar-refractivity contribution in [1.82, 2.24) is 0 Å². The van der Waals surface area contributed by atoms with Crippen LogP contribution in [0.3, 0.4) is 0 Å². The fourth-order valence-electron chi connectivity index (χ4n) is 0.854. The molecule has 0 heterocycles. The minimum Gasteiger partial charge on any atom is -0.204 e. The molecule has 0 aliphatic rings. The lowest BCUT2D eigenvalue weighted by atomic mass is 10.3. The third-order valence-electron chi connectivity index (χ3n) is 1.56. The normalized spacial score (nSPS) is 9.00. The topological polar surface area (TPSA) is 0 Å². The first-order chi connectivity index (χ1) is 7.20. The minimum absolute atomic E-state index is 0.794. The Hall–Kier alpha value is -1.41. The molecule has 0 radical (unpaired) electrons. The van der Waals surface area contributed by atoms with E-state index < -0.39 is 11.6 Å². The van der Waals surface area contributed by atoms with Crippen molar-refractivity contribution in [3.05, 3.63) is 71.3 Å². The van der Waals surface area contributed by atoms with Crippen LogP contribution in [-0.2, 0) is 0 Å². The van der Waals surface area contributed by atoms with E-state index in [0.717, 1.165) is 17.2 Å². The summed E-state index contributed by atoms with van der Waals surface area (Å²) in [7, 11) is 0. The predicted octanol–water partition coefficient (Wildman–Crippen LogP) is 4.30. The summed E-state index contributed by atoms with van der Waals surface area (Å²) in [6, 6.07) is 14.5. The van der Waals surface area contributed by atoms with E-state index in [1.165, 1.54) is 12.1 Å². The Balaban J connectivity index is 0.000000151. The lowest BCUT2D eigenvalue weighted by Gasteiger charge is -1.85. The number of benzene rings is 2. The first-order valence-electron chi connectivity index (χ1n) is 4.30. The van der Waals surface area contributed by atoms with Crippen LogP contribution < -0.4 is 0 Å². The van der Waals surface area contributed by atoms with Gasteiger partial charge < -0.3 is 0 Å². The molecule has 0 aromatic heterocycles. The van der Waals surface area contributed by atoms with Gasteiger partial charge in [-0.25, -0.2) is 8.78 Å². The van der Waals surface area contributed by atoms with Crippen LogP contribution in [0.4, 0.5) is 8.78 Å². The third kappa shape index (κ3) is 4.56. The summed E-state index contributed by atoms with van der Waals surface area (Å²) >= 11 is 5.54. The summed E-state index contributed by atoms with van der Waals surface area (Å²) in [5.74, 6) is -1.60. The monoisotopic (exact) mass is 226 g/mol. The van der Waals surface area contributed by atoms with E-state index in [2.05, 4.69) is 0 Å². The second-order valence-corrected chi connectivity index (χ2v) is 3.15. The average Bonchev–Trinajstić information content (AvgIpc) is 2.25. The van der Waals surface area contributed by atoms with Gasteiger partial charge in [0, 0.05) is 5.02 Å². The Morgan fingerprint density at radius 2 is 1.07 bits per heavy atom. The van der Waals surface area contributed by atoms with Crippen LogP contribution >= 0.6 is 11.6 Å². The van der Waals surface area contributed by atoms with Crippen LogP contribution in [-0.4, -0.2) is 0 Å². The van der Waals surface area contributed by atoms with Gasteiger partial charge >= 0.3 is 0 Å². The second kappa shape index (κ2) is 6.14. The van der Waals surface area contributed by atoms with Gasteiger partial charge in [0.2, 0.25) is 0 Å². The van der Waals surface area contributed by atoms with E-state index in [1.807, 2.05) is 30.3 Å². The summed E-state index contributed by atoms with van der Waals surface area (Å²) in [5, 5.41) is 0.794. The van der Waals surface area contributed by atoms with Crippen LogP contribution in [0.15, 0.2) is 54.6 Å². The maximum atomic E-state index is 11.9. The standard InChI is InChI=1S/C6H5Cl.C6H4F2/c7-6-4-2-1-3-5-6;7-5-3-1-2-4-6(5)8/h1-5H;1-4H. The van der Waals surface area contributed by atoms with E-state index in [9.17, 15) is 8.78 Å². The molecule has 0 saturated heterocycles. The molecule has 0 bridgehead atoms. The molecule has 0 aliphatic heterocycles. The van der Waals surface area contributed by atoms with Crippen LogP contribution in [0.1, 0.15) is 0 Å². The lowest BCUT2D eigenvalue weighted by Crippen LogP contribution is -1.77. The molecule has 78 valence electrons. The molecular weight excluding hydrogens is 218 g/mol. The first kappa shape index (κ1) is 11.7. The van der Waals surface area contributed by atoms with Crippen molar-refractivity contribution in [2.75, 3.05) is 0 Å². The molecule has 0 aliphatic carbocycles. The van der Waals surface area contributed by atoms with Crippen molar-refractivity contribution in [3.63, 3.8) is 0 Å². The minimum atomic E-state index is -0.799. The second-order valence-electron chi connectivity index (χ2n) is 2.71. The number of rotatable bonds is 0. The zero-order chi connectivity index (χ0) is 11.1. The highest BCUT2D eigenvalue weighted by Crippen LogP contribution is 2.03. The molecule has 0 saturated carbocycles. The van der Waals surface area contributed by atoms with Gasteiger partial charge in [0.1, 0.15) is 0 Å². The molecule has 2 rings (SSSR count). The molecule has 0 spiro atoms. The summed E-state index contributed by atoms with van der Waals surface area (Å²) in [4.78, 5) is 0. The van der Waals surface area contributed by atoms with Crippen molar-refractivity contribution in [2.45, 2.75) is 0 Å². The molecule has 0 nitrogen and oxygen atoms in total. The van der Waals surface area contributed by atoms with Gasteiger partial charge in [-0.15, -0.1) is 0 Å². The highest BCUT2D eigenvalue weighted by Gasteiger charge is 1.93. The van der Waals surface area contributed by atoms with E-state index in [-0.39, 0.29) is 0 Å². The Labute approximate surface area is 92.1 Å². The number of hydrogen-bond acceptors (Lipinski definition) is 0. The van der Waals surface area contributed by atoms with Crippen LogP contribution in [0.25, 0.3) is 0 Å². The molecule has 2 aromatic rings. The Bertz CT molecular complexity index is 380. The van der Waals surface area contributed by atoms with Gasteiger partial charge in [-0.1, -0.05) is 41.9 Å². The Morgan fingerprint density at radius 1 is 0.667 bits per heavy atom. The zero-order valence-corrected chi connectivity index (χ0v) is 8.59. The van der Waals surface area contributed by atoms with Crippen molar-refractivity contribution in [1.29, 1.82) is 0 Å². The quantitative estimate of drug-likeness (QED) is 0.628. The predicted molar refractivity (Wildman–Crippen MR) is 57.8 cm³/mol. The molecule has 0 atom stereocenters. The fraction of sp³-hybridized carbons (Fsp3) is 0. The molecule has 0 unspecified atom stereocenters. The van der Waals surface area contributed by atoms with Crippen LogP contribution in [0.5, 0.6) is 0 Å². The maximum Gasteiger partial charge on any atom is 0.158 e. The van der Waals surface area contributed by atoms with Crippen molar-refractivity contribution in [2.24, 2.45) is 0 Å². The number of halogens is 3. The van der Waals surface area contributed by atoms with Gasteiger partial charge in [-0.3, -0.25) is 0 Å². The van der Waals surface area contributed by atoms with Crippen molar-refractivity contribution >= 4 is 11.6 Å². The highest BCUT2D eigenvalue weighted by molar-refractivity contribution is 6.30. The lowest BCUT2D eigenvalue weighted by molar-refractivity contribution is 0.508. The molecule has 2 aromatic carbocycles.